The maximum absolute atomic E-state index is 14.6. The van der Waals surface area contributed by atoms with E-state index in [-0.39, 0.29) is 6.61 Å². The van der Waals surface area contributed by atoms with Crippen LogP contribution in [0.1, 0.15) is 42.4 Å². The Bertz CT molecular complexity index is 1410. The van der Waals surface area contributed by atoms with Gasteiger partial charge in [-0.2, -0.15) is 26.3 Å². The van der Waals surface area contributed by atoms with Crippen LogP contribution in [0.3, 0.4) is 0 Å². The molecule has 0 heterocycles. The molecular weight excluding hydrogens is 585 g/mol. The molecule has 3 aromatic rings. The number of benzene rings is 3. The summed E-state index contributed by atoms with van der Waals surface area (Å²) >= 11 is 0. The van der Waals surface area contributed by atoms with Crippen LogP contribution in [0.4, 0.5) is 42.1 Å². The van der Waals surface area contributed by atoms with Crippen molar-refractivity contribution in [3.8, 4) is 11.5 Å². The summed E-state index contributed by atoms with van der Waals surface area (Å²) in [6.45, 7) is -0.413. The van der Waals surface area contributed by atoms with Crippen molar-refractivity contribution in [3.05, 3.63) is 89.0 Å². The zero-order valence-corrected chi connectivity index (χ0v) is 22.7. The van der Waals surface area contributed by atoms with Gasteiger partial charge in [-0.25, -0.2) is 9.18 Å². The molecule has 0 spiro atoms. The van der Waals surface area contributed by atoms with E-state index in [4.69, 9.17) is 20.9 Å². The summed E-state index contributed by atoms with van der Waals surface area (Å²) in [5.41, 5.74) is 12.7. The van der Waals surface area contributed by atoms with E-state index < -0.39 is 66.4 Å². The summed E-state index contributed by atoms with van der Waals surface area (Å²) in [5.74, 6) is -5.56. The van der Waals surface area contributed by atoms with Crippen molar-refractivity contribution in [1.29, 1.82) is 0 Å². The molecule has 13 heteroatoms. The normalized spacial score (nSPS) is 12.0. The Morgan fingerprint density at radius 2 is 1.56 bits per heavy atom. The molecule has 0 fully saturated rings. The summed E-state index contributed by atoms with van der Waals surface area (Å²) in [5, 5.41) is 0. The largest absolute Gasteiger partial charge is 0.490 e. The van der Waals surface area contributed by atoms with Crippen LogP contribution in [0.5, 0.6) is 11.5 Å². The monoisotopic (exact) mass is 614 g/mol. The average Bonchev–Trinajstić information content (AvgIpc) is 2.93. The van der Waals surface area contributed by atoms with Gasteiger partial charge in [0, 0.05) is 23.9 Å². The third kappa shape index (κ3) is 10.4. The van der Waals surface area contributed by atoms with Crippen molar-refractivity contribution in [2.45, 2.75) is 44.4 Å². The number of nitrogen functional groups attached to an aromatic ring is 2. The van der Waals surface area contributed by atoms with E-state index in [0.29, 0.717) is 41.9 Å². The Hall–Kier alpha value is -4.42. The molecule has 4 N–H and O–H groups in total. The standard InChI is InChI=1S/C30H29F7N2O4/c31-27-23(12-13-25(28(27)32)41-17-3-15-29(33,34)35)30(36,37)43-22-10-5-19(6-11-22)7-14-26(40)42-16-2-1-4-20-8-9-21(38)18-24(20)39/h5-14,18H,1-4,15-17,38-39H2/b14-7+. The Morgan fingerprint density at radius 3 is 2.23 bits per heavy atom. The number of rotatable bonds is 14. The van der Waals surface area contributed by atoms with Gasteiger partial charge in [0.15, 0.2) is 11.6 Å². The van der Waals surface area contributed by atoms with Gasteiger partial charge in [-0.1, -0.05) is 18.2 Å². The third-order valence-corrected chi connectivity index (χ3v) is 6.02. The van der Waals surface area contributed by atoms with Gasteiger partial charge >= 0.3 is 18.3 Å². The highest BCUT2D eigenvalue weighted by atomic mass is 19.4. The molecule has 0 bridgehead atoms. The Balaban J connectivity index is 1.47. The van der Waals surface area contributed by atoms with E-state index in [2.05, 4.69) is 4.74 Å². The number of carbonyl (C=O) groups is 1. The van der Waals surface area contributed by atoms with E-state index in [1.165, 1.54) is 18.2 Å². The van der Waals surface area contributed by atoms with Crippen molar-refractivity contribution in [1.82, 2.24) is 0 Å². The van der Waals surface area contributed by atoms with Crippen LogP contribution in [0.25, 0.3) is 6.08 Å². The smallest absolute Gasteiger partial charge is 0.429 e. The first-order valence-electron chi connectivity index (χ1n) is 13.1. The highest BCUT2D eigenvalue weighted by molar-refractivity contribution is 5.87. The summed E-state index contributed by atoms with van der Waals surface area (Å²) < 4.78 is 109. The van der Waals surface area contributed by atoms with Gasteiger partial charge in [0.05, 0.1) is 13.2 Å². The van der Waals surface area contributed by atoms with Gasteiger partial charge in [-0.05, 0) is 79.3 Å². The number of anilines is 2. The molecule has 232 valence electrons. The van der Waals surface area contributed by atoms with Crippen LogP contribution >= 0.6 is 0 Å². The maximum atomic E-state index is 14.6. The molecule has 0 aliphatic rings. The molecule has 3 rings (SSSR count). The number of hydrogen-bond donors (Lipinski definition) is 2. The minimum Gasteiger partial charge on any atom is -0.490 e. The van der Waals surface area contributed by atoms with Crippen molar-refractivity contribution >= 4 is 23.4 Å². The molecular formula is C30H29F7N2O4. The molecule has 0 unspecified atom stereocenters. The Kier molecular flexibility index (Phi) is 11.3. The molecule has 0 aromatic heterocycles. The molecule has 0 aliphatic heterocycles. The molecule has 0 saturated heterocycles. The fraction of sp³-hybridized carbons (Fsp3) is 0.300. The second kappa shape index (κ2) is 14.7. The molecule has 0 radical (unpaired) electrons. The maximum Gasteiger partial charge on any atom is 0.429 e. The van der Waals surface area contributed by atoms with Gasteiger partial charge < -0.3 is 25.7 Å². The van der Waals surface area contributed by atoms with Crippen LogP contribution in [-0.4, -0.2) is 25.4 Å². The number of ether oxygens (including phenoxy) is 3. The Morgan fingerprint density at radius 1 is 0.837 bits per heavy atom. The number of hydrogen-bond acceptors (Lipinski definition) is 6. The Labute approximate surface area is 243 Å². The van der Waals surface area contributed by atoms with Gasteiger partial charge in [0.1, 0.15) is 11.3 Å². The van der Waals surface area contributed by atoms with E-state index in [9.17, 15) is 35.5 Å². The minimum absolute atomic E-state index is 0.183. The van der Waals surface area contributed by atoms with Crippen molar-refractivity contribution in [2.75, 3.05) is 24.7 Å². The van der Waals surface area contributed by atoms with E-state index in [0.717, 1.165) is 30.2 Å². The number of aryl methyl sites for hydroxylation is 1. The first kappa shape index (κ1) is 33.1. The summed E-state index contributed by atoms with van der Waals surface area (Å²) in [6.07, 6.45) is -5.91. The fourth-order valence-corrected chi connectivity index (χ4v) is 3.82. The zero-order valence-electron chi connectivity index (χ0n) is 22.7. The van der Waals surface area contributed by atoms with Crippen molar-refractivity contribution in [2.24, 2.45) is 0 Å². The van der Waals surface area contributed by atoms with Crippen LogP contribution in [-0.2, 0) is 22.1 Å². The molecule has 0 aliphatic carbocycles. The topological polar surface area (TPSA) is 96.8 Å². The quantitative estimate of drug-likeness (QED) is 0.0640. The van der Waals surface area contributed by atoms with Gasteiger partial charge in [0.25, 0.3) is 0 Å². The minimum atomic E-state index is -4.45. The number of esters is 1. The average molecular weight is 615 g/mol. The summed E-state index contributed by atoms with van der Waals surface area (Å²) in [7, 11) is 0. The second-order valence-corrected chi connectivity index (χ2v) is 9.41. The van der Waals surface area contributed by atoms with E-state index in [1.54, 1.807) is 12.1 Å². The van der Waals surface area contributed by atoms with Gasteiger partial charge in [-0.3, -0.25) is 0 Å². The second-order valence-electron chi connectivity index (χ2n) is 9.41. The third-order valence-electron chi connectivity index (χ3n) is 6.02. The first-order valence-corrected chi connectivity index (χ1v) is 13.1. The summed E-state index contributed by atoms with van der Waals surface area (Å²) in [4.78, 5) is 12.0. The molecule has 0 atom stereocenters. The first-order chi connectivity index (χ1) is 20.2. The van der Waals surface area contributed by atoms with Crippen LogP contribution in [0, 0.1) is 11.6 Å². The predicted octanol–water partition coefficient (Wildman–Crippen LogP) is 7.56. The fourth-order valence-electron chi connectivity index (χ4n) is 3.82. The van der Waals surface area contributed by atoms with Gasteiger partial charge in [-0.15, -0.1) is 0 Å². The van der Waals surface area contributed by atoms with E-state index in [1.807, 2.05) is 6.07 Å². The number of unbranched alkanes of at least 4 members (excludes halogenated alkanes) is 1. The SMILES string of the molecule is Nc1ccc(CCCCOC(=O)/C=C/c2ccc(OC(F)(F)c3ccc(OCCCC(F)(F)F)c(F)c3F)cc2)c(N)c1. The number of alkyl halides is 5. The number of nitrogens with two attached hydrogens (primary N) is 2. The van der Waals surface area contributed by atoms with Crippen molar-refractivity contribution in [3.63, 3.8) is 0 Å². The van der Waals surface area contributed by atoms with Crippen LogP contribution < -0.4 is 20.9 Å². The molecule has 0 amide bonds. The summed E-state index contributed by atoms with van der Waals surface area (Å²) in [6, 6.07) is 11.5. The molecule has 3 aromatic carbocycles. The van der Waals surface area contributed by atoms with Crippen molar-refractivity contribution < 1.29 is 49.7 Å². The molecule has 43 heavy (non-hydrogen) atoms. The van der Waals surface area contributed by atoms with E-state index >= 15 is 0 Å². The lowest BCUT2D eigenvalue weighted by atomic mass is 10.1. The van der Waals surface area contributed by atoms with Crippen LogP contribution in [0.15, 0.2) is 60.7 Å². The highest BCUT2D eigenvalue weighted by Crippen LogP contribution is 2.36. The lowest BCUT2D eigenvalue weighted by Crippen LogP contribution is -2.24. The molecule has 6 nitrogen and oxygen atoms in total. The molecule has 0 saturated carbocycles. The number of carbonyl (C=O) groups excluding carboxylic acids is 1. The lowest BCUT2D eigenvalue weighted by Gasteiger charge is -2.20. The highest BCUT2D eigenvalue weighted by Gasteiger charge is 2.39. The van der Waals surface area contributed by atoms with Crippen LogP contribution in [0.2, 0.25) is 0 Å². The zero-order chi connectivity index (χ0) is 31.6. The van der Waals surface area contributed by atoms with Gasteiger partial charge in [0.2, 0.25) is 5.82 Å². The number of halogens is 7. The predicted molar refractivity (Wildman–Crippen MR) is 146 cm³/mol. The lowest BCUT2D eigenvalue weighted by molar-refractivity contribution is -0.187.